The van der Waals surface area contributed by atoms with E-state index in [1.54, 1.807) is 12.1 Å². The van der Waals surface area contributed by atoms with Crippen molar-refractivity contribution in [1.82, 2.24) is 9.90 Å². The van der Waals surface area contributed by atoms with E-state index in [4.69, 9.17) is 0 Å². The number of nitrogens with zero attached hydrogens (tertiary/aromatic N) is 4. The summed E-state index contributed by atoms with van der Waals surface area (Å²) in [5, 5.41) is 15.4. The molecule has 0 unspecified atom stereocenters. The smallest absolute Gasteiger partial charge is 0.258 e. The lowest BCUT2D eigenvalue weighted by atomic mass is 10.1. The van der Waals surface area contributed by atoms with E-state index < -0.39 is 4.92 Å². The number of nitro groups is 1. The van der Waals surface area contributed by atoms with E-state index >= 15 is 0 Å². The van der Waals surface area contributed by atoms with E-state index in [1.165, 1.54) is 17.7 Å². The van der Waals surface area contributed by atoms with E-state index in [2.05, 4.69) is 46.9 Å². The predicted octanol–water partition coefficient (Wildman–Crippen LogP) is 3.50. The van der Waals surface area contributed by atoms with Crippen LogP contribution in [0, 0.1) is 13.8 Å². The van der Waals surface area contributed by atoms with Crippen LogP contribution in [0.5, 0.6) is 0 Å². The van der Waals surface area contributed by atoms with E-state index in [1.807, 2.05) is 34.6 Å². The molecule has 6 nitrogen and oxygen atoms in total. The second kappa shape index (κ2) is 6.68. The molecule has 24 heavy (non-hydrogen) atoms. The van der Waals surface area contributed by atoms with Crippen LogP contribution in [0.4, 0.5) is 5.69 Å². The number of benzene rings is 2. The zero-order chi connectivity index (χ0) is 17.3. The third kappa shape index (κ3) is 3.03. The molecule has 0 amide bonds. The van der Waals surface area contributed by atoms with Gasteiger partial charge in [-0.05, 0) is 24.6 Å². The van der Waals surface area contributed by atoms with Crippen LogP contribution in [-0.2, 0) is 7.05 Å². The summed E-state index contributed by atoms with van der Waals surface area (Å²) in [7, 11) is 1.88. The van der Waals surface area contributed by atoms with E-state index in [0.29, 0.717) is 0 Å². The zero-order valence-corrected chi connectivity index (χ0v) is 15.4. The van der Waals surface area contributed by atoms with E-state index in [9.17, 15) is 10.1 Å². The molecule has 7 heteroatoms. The Bertz CT molecular complexity index is 876. The Morgan fingerprint density at radius 1 is 1.17 bits per heavy atom. The maximum Gasteiger partial charge on any atom is 0.269 e. The minimum Gasteiger partial charge on any atom is -0.258 e. The van der Waals surface area contributed by atoms with Crippen LogP contribution >= 0.6 is 22.6 Å². The maximum atomic E-state index is 10.8. The predicted molar refractivity (Wildman–Crippen MR) is 98.5 cm³/mol. The first-order valence-electron chi connectivity index (χ1n) is 7.43. The lowest BCUT2D eigenvalue weighted by Gasteiger charge is -2.06. The average molecular weight is 435 g/mol. The minimum absolute atomic E-state index is 0.0847. The summed E-state index contributed by atoms with van der Waals surface area (Å²) in [5.41, 5.74) is 3.10. The van der Waals surface area contributed by atoms with Gasteiger partial charge in [0.05, 0.1) is 10.1 Å². The molecule has 3 rings (SSSR count). The molecule has 0 bridgehead atoms. The molecule has 0 saturated carbocycles. The molecule has 1 aromatic heterocycles. The van der Waals surface area contributed by atoms with Gasteiger partial charge in [-0.2, -0.15) is 0 Å². The van der Waals surface area contributed by atoms with Crippen molar-refractivity contribution in [2.24, 2.45) is 7.05 Å². The summed E-state index contributed by atoms with van der Waals surface area (Å²) in [6.45, 7) is 2.10. The summed E-state index contributed by atoms with van der Waals surface area (Å²) < 4.78 is 4.76. The number of non-ortho nitro benzene ring substituents is 1. The molecular weight excluding hydrogens is 419 g/mol. The fourth-order valence-electron chi connectivity index (χ4n) is 2.64. The molecule has 3 aromatic rings. The number of rotatable bonds is 4. The van der Waals surface area contributed by atoms with Crippen LogP contribution in [0.1, 0.15) is 18.5 Å². The van der Waals surface area contributed by atoms with Crippen molar-refractivity contribution in [3.8, 4) is 11.3 Å². The Labute approximate surface area is 153 Å². The quantitative estimate of drug-likeness (QED) is 0.273. The number of hydrogen-bond acceptors (Lipinski definition) is 3. The van der Waals surface area contributed by atoms with Gasteiger partial charge in [0.15, 0.2) is 0 Å². The summed E-state index contributed by atoms with van der Waals surface area (Å²) in [5.74, 6) is 0. The molecule has 0 saturated heterocycles. The lowest BCUT2D eigenvalue weighted by molar-refractivity contribution is -0.722. The Kier molecular flexibility index (Phi) is 4.61. The van der Waals surface area contributed by atoms with Gasteiger partial charge in [-0.25, -0.2) is 0 Å². The van der Waals surface area contributed by atoms with Gasteiger partial charge in [-0.1, -0.05) is 30.3 Å². The molecule has 0 aliphatic heterocycles. The summed E-state index contributed by atoms with van der Waals surface area (Å²) in [4.78, 5) is 10.4. The maximum absolute atomic E-state index is 10.8. The van der Waals surface area contributed by atoms with Crippen molar-refractivity contribution in [3.05, 3.63) is 74.0 Å². The monoisotopic (exact) mass is 435 g/mol. The molecule has 0 N–H and O–H groups in total. The fourth-order valence-corrected chi connectivity index (χ4v) is 3.81. The molecular formula is C17H16IN4O2+. The first-order chi connectivity index (χ1) is 11.5. The highest BCUT2D eigenvalue weighted by Crippen LogP contribution is 2.27. The van der Waals surface area contributed by atoms with Crippen LogP contribution in [0.15, 0.2) is 54.6 Å². The van der Waals surface area contributed by atoms with Crippen LogP contribution in [-0.4, -0.2) is 14.8 Å². The van der Waals surface area contributed by atoms with E-state index in [-0.39, 0.29) is 11.7 Å². The van der Waals surface area contributed by atoms with Crippen molar-refractivity contribution in [1.29, 1.82) is 0 Å². The van der Waals surface area contributed by atoms with Crippen molar-refractivity contribution in [3.63, 3.8) is 0 Å². The minimum atomic E-state index is -0.393. The van der Waals surface area contributed by atoms with Crippen LogP contribution in [0.25, 0.3) is 11.3 Å². The Morgan fingerprint density at radius 2 is 1.79 bits per heavy atom. The molecule has 0 spiro atoms. The highest BCUT2D eigenvalue weighted by atomic mass is 127. The Hall–Kier alpha value is -2.29. The van der Waals surface area contributed by atoms with Gasteiger partial charge in [0.1, 0.15) is 13.1 Å². The van der Waals surface area contributed by atoms with Gasteiger partial charge in [0.2, 0.25) is 9.39 Å². The molecule has 1 atom stereocenters. The van der Waals surface area contributed by atoms with Gasteiger partial charge >= 0.3 is 0 Å². The van der Waals surface area contributed by atoms with Gasteiger partial charge in [-0.3, -0.25) is 10.1 Å². The summed E-state index contributed by atoms with van der Waals surface area (Å²) in [6, 6.07) is 16.8. The van der Waals surface area contributed by atoms with E-state index in [0.717, 1.165) is 15.0 Å². The molecule has 122 valence electrons. The summed E-state index contributed by atoms with van der Waals surface area (Å²) >= 11 is 2.28. The highest BCUT2D eigenvalue weighted by molar-refractivity contribution is 14.1. The van der Waals surface area contributed by atoms with Crippen molar-refractivity contribution < 1.29 is 9.61 Å². The third-order valence-electron chi connectivity index (χ3n) is 3.95. The topological polar surface area (TPSA) is 64.8 Å². The first kappa shape index (κ1) is 16.6. The number of aromatic nitrogens is 3. The number of nitro benzene ring substituents is 1. The van der Waals surface area contributed by atoms with Crippen molar-refractivity contribution >= 4 is 28.3 Å². The largest absolute Gasteiger partial charge is 0.269 e. The second-order valence-electron chi connectivity index (χ2n) is 5.49. The third-order valence-corrected chi connectivity index (χ3v) is 4.96. The molecule has 0 aliphatic carbocycles. The summed E-state index contributed by atoms with van der Waals surface area (Å²) in [6.07, 6.45) is 0. The van der Waals surface area contributed by atoms with Gasteiger partial charge in [0, 0.05) is 40.3 Å². The van der Waals surface area contributed by atoms with Gasteiger partial charge in [-0.15, -0.1) is 9.36 Å². The fraction of sp³-hybridized carbons (Fsp3) is 0.176. The normalized spacial score (nSPS) is 12.1. The van der Waals surface area contributed by atoms with Gasteiger partial charge in [0.25, 0.3) is 5.69 Å². The first-order valence-corrected chi connectivity index (χ1v) is 8.51. The highest BCUT2D eigenvalue weighted by Gasteiger charge is 2.27. The molecule has 0 aliphatic rings. The SMILES string of the molecule is C[C@H](c1ccccc1)n1n[n+](C)c(-c2ccc([N+](=O)[O-])cc2)c1I. The van der Waals surface area contributed by atoms with Crippen LogP contribution in [0.2, 0.25) is 0 Å². The lowest BCUT2D eigenvalue weighted by Crippen LogP contribution is -2.33. The van der Waals surface area contributed by atoms with Gasteiger partial charge < -0.3 is 0 Å². The Morgan fingerprint density at radius 3 is 2.38 bits per heavy atom. The second-order valence-corrected chi connectivity index (χ2v) is 6.51. The molecule has 1 heterocycles. The molecule has 0 fully saturated rings. The van der Waals surface area contributed by atoms with Crippen LogP contribution < -0.4 is 4.68 Å². The van der Waals surface area contributed by atoms with Crippen molar-refractivity contribution in [2.45, 2.75) is 13.0 Å². The number of halogens is 1. The Balaban J connectivity index is 2.02. The van der Waals surface area contributed by atoms with Crippen molar-refractivity contribution in [2.75, 3.05) is 0 Å². The average Bonchev–Trinajstić information content (AvgIpc) is 2.89. The van der Waals surface area contributed by atoms with Crippen LogP contribution in [0.3, 0.4) is 0 Å². The molecule has 2 aromatic carbocycles. The number of aryl methyl sites for hydroxylation is 1. The standard InChI is InChI=1S/C17H16IN4O2/c1-12(13-6-4-3-5-7-13)21-17(18)16(20(2)19-21)14-8-10-15(11-9-14)22(23)24/h3-12H,1-2H3/q+1/t12-/m1/s1. The zero-order valence-electron chi connectivity index (χ0n) is 13.3. The molecule has 0 radical (unpaired) electrons. The number of hydrogen-bond donors (Lipinski definition) is 0.